The van der Waals surface area contributed by atoms with Crippen LogP contribution in [-0.4, -0.2) is 41.1 Å². The first kappa shape index (κ1) is 19.9. The van der Waals surface area contributed by atoms with Crippen LogP contribution in [-0.2, 0) is 19.4 Å². The summed E-state index contributed by atoms with van der Waals surface area (Å²) >= 11 is 0. The number of aliphatic carboxylic acids is 2. The van der Waals surface area contributed by atoms with Crippen molar-refractivity contribution in [2.75, 3.05) is 0 Å². The minimum absolute atomic E-state index is 0.0260. The van der Waals surface area contributed by atoms with Crippen molar-refractivity contribution in [2.45, 2.75) is 75.7 Å². The Kier molecular flexibility index (Phi) is 9.24. The van der Waals surface area contributed by atoms with Gasteiger partial charge in [0.15, 0.2) is 9.84 Å². The third kappa shape index (κ3) is 7.45. The normalized spacial score (nSPS) is 14.6. The number of hydrogen-bond acceptors (Lipinski definition) is 4. The predicted octanol–water partition coefficient (Wildman–Crippen LogP) is 2.47. The van der Waals surface area contributed by atoms with E-state index in [-0.39, 0.29) is 12.8 Å². The fourth-order valence-corrected chi connectivity index (χ4v) is 4.90. The maximum Gasteiger partial charge on any atom is 0.303 e. The highest BCUT2D eigenvalue weighted by Gasteiger charge is 2.31. The molecule has 2 atom stereocenters. The molecule has 0 aliphatic heterocycles. The highest BCUT2D eigenvalue weighted by molar-refractivity contribution is 7.92. The van der Waals surface area contributed by atoms with Crippen molar-refractivity contribution in [3.63, 3.8) is 0 Å². The molecule has 0 heterocycles. The third-order valence-electron chi connectivity index (χ3n) is 3.67. The van der Waals surface area contributed by atoms with Gasteiger partial charge in [0.2, 0.25) is 0 Å². The van der Waals surface area contributed by atoms with E-state index in [0.29, 0.717) is 38.5 Å². The second-order valence-corrected chi connectivity index (χ2v) is 7.73. The minimum atomic E-state index is -3.35. The molecular formula is C14H26O6S. The summed E-state index contributed by atoms with van der Waals surface area (Å²) in [6.45, 7) is 3.57. The van der Waals surface area contributed by atoms with Crippen molar-refractivity contribution in [3.8, 4) is 0 Å². The summed E-state index contributed by atoms with van der Waals surface area (Å²) in [6.07, 6.45) is 2.25. The first-order valence-corrected chi connectivity index (χ1v) is 9.02. The maximum atomic E-state index is 12.5. The van der Waals surface area contributed by atoms with Crippen molar-refractivity contribution in [3.05, 3.63) is 0 Å². The van der Waals surface area contributed by atoms with E-state index in [1.165, 1.54) is 0 Å². The molecule has 0 rings (SSSR count). The lowest BCUT2D eigenvalue weighted by Gasteiger charge is -2.22. The molecule has 0 aliphatic carbocycles. The van der Waals surface area contributed by atoms with Gasteiger partial charge in [0.1, 0.15) is 0 Å². The lowest BCUT2D eigenvalue weighted by Crippen LogP contribution is -2.31. The molecule has 2 unspecified atom stereocenters. The number of sulfone groups is 1. The van der Waals surface area contributed by atoms with Gasteiger partial charge in [-0.3, -0.25) is 9.59 Å². The van der Waals surface area contributed by atoms with Gasteiger partial charge in [-0.05, 0) is 38.5 Å². The van der Waals surface area contributed by atoms with Crippen molar-refractivity contribution >= 4 is 21.8 Å². The minimum Gasteiger partial charge on any atom is -0.481 e. The van der Waals surface area contributed by atoms with Crippen LogP contribution in [0.25, 0.3) is 0 Å². The zero-order valence-corrected chi connectivity index (χ0v) is 13.6. The Morgan fingerprint density at radius 3 is 1.43 bits per heavy atom. The quantitative estimate of drug-likeness (QED) is 0.571. The molecule has 124 valence electrons. The molecule has 7 heteroatoms. The van der Waals surface area contributed by atoms with Crippen LogP contribution in [0, 0.1) is 0 Å². The standard InChI is InChI=1S/C14H26O6S/c1-3-11(7-5-9-13(15)16)21(19,20)12(4-2)8-6-10-14(17)18/h11-12H,3-10H2,1-2H3,(H,15,16)(H,17,18). The topological polar surface area (TPSA) is 109 Å². The Labute approximate surface area is 126 Å². The summed E-state index contributed by atoms with van der Waals surface area (Å²) in [7, 11) is -3.35. The van der Waals surface area contributed by atoms with E-state index in [4.69, 9.17) is 10.2 Å². The maximum absolute atomic E-state index is 12.5. The van der Waals surface area contributed by atoms with Crippen LogP contribution in [0.1, 0.15) is 65.2 Å². The van der Waals surface area contributed by atoms with E-state index in [1.807, 2.05) is 0 Å². The summed E-state index contributed by atoms with van der Waals surface area (Å²) < 4.78 is 25.1. The molecule has 0 radical (unpaired) electrons. The van der Waals surface area contributed by atoms with E-state index < -0.39 is 32.3 Å². The smallest absolute Gasteiger partial charge is 0.303 e. The predicted molar refractivity (Wildman–Crippen MR) is 80.1 cm³/mol. The fraction of sp³-hybridized carbons (Fsp3) is 0.857. The molecule has 0 aromatic rings. The summed E-state index contributed by atoms with van der Waals surface area (Å²) in [5, 5.41) is 16.2. The fourth-order valence-electron chi connectivity index (χ4n) is 2.44. The lowest BCUT2D eigenvalue weighted by atomic mass is 10.1. The van der Waals surface area contributed by atoms with Gasteiger partial charge < -0.3 is 10.2 Å². The molecular weight excluding hydrogens is 296 g/mol. The SMILES string of the molecule is CCC(CCCC(=O)O)S(=O)(=O)C(CC)CCCC(=O)O. The van der Waals surface area contributed by atoms with E-state index in [0.717, 1.165) is 0 Å². The first-order valence-electron chi connectivity index (χ1n) is 7.41. The van der Waals surface area contributed by atoms with E-state index in [2.05, 4.69) is 0 Å². The molecule has 0 aromatic heterocycles. The highest BCUT2D eigenvalue weighted by atomic mass is 32.2. The van der Waals surface area contributed by atoms with Gasteiger partial charge in [-0.25, -0.2) is 8.42 Å². The van der Waals surface area contributed by atoms with E-state index >= 15 is 0 Å². The van der Waals surface area contributed by atoms with Gasteiger partial charge in [-0.2, -0.15) is 0 Å². The van der Waals surface area contributed by atoms with Crippen LogP contribution >= 0.6 is 0 Å². The Morgan fingerprint density at radius 1 is 0.857 bits per heavy atom. The molecule has 2 N–H and O–H groups in total. The number of hydrogen-bond donors (Lipinski definition) is 2. The van der Waals surface area contributed by atoms with Gasteiger partial charge in [0.25, 0.3) is 0 Å². The molecule has 0 saturated carbocycles. The molecule has 0 bridgehead atoms. The van der Waals surface area contributed by atoms with Crippen LogP contribution in [0.2, 0.25) is 0 Å². The largest absolute Gasteiger partial charge is 0.481 e. The van der Waals surface area contributed by atoms with Crippen LogP contribution < -0.4 is 0 Å². The number of rotatable bonds is 12. The molecule has 21 heavy (non-hydrogen) atoms. The average Bonchev–Trinajstić information content (AvgIpc) is 2.38. The number of carboxylic acids is 2. The average molecular weight is 322 g/mol. The zero-order chi connectivity index (χ0) is 16.5. The lowest BCUT2D eigenvalue weighted by molar-refractivity contribution is -0.138. The van der Waals surface area contributed by atoms with E-state index in [9.17, 15) is 18.0 Å². The number of carboxylic acid groups (broad SMARTS) is 2. The van der Waals surface area contributed by atoms with Crippen molar-refractivity contribution < 1.29 is 28.2 Å². The van der Waals surface area contributed by atoms with Gasteiger partial charge in [-0.1, -0.05) is 13.8 Å². The van der Waals surface area contributed by atoms with Crippen LogP contribution in [0.15, 0.2) is 0 Å². The summed E-state index contributed by atoms with van der Waals surface area (Å²) in [4.78, 5) is 21.0. The van der Waals surface area contributed by atoms with Gasteiger partial charge >= 0.3 is 11.9 Å². The van der Waals surface area contributed by atoms with Crippen LogP contribution in [0.3, 0.4) is 0 Å². The van der Waals surface area contributed by atoms with Gasteiger partial charge in [0, 0.05) is 12.8 Å². The van der Waals surface area contributed by atoms with Gasteiger partial charge in [0.05, 0.1) is 10.5 Å². The molecule has 0 amide bonds. The molecule has 0 fully saturated rings. The molecule has 6 nitrogen and oxygen atoms in total. The third-order valence-corrected chi connectivity index (χ3v) is 6.67. The summed E-state index contributed by atoms with van der Waals surface area (Å²) in [5.74, 6) is -1.84. The van der Waals surface area contributed by atoms with Gasteiger partial charge in [-0.15, -0.1) is 0 Å². The first-order chi connectivity index (χ1) is 9.75. The van der Waals surface area contributed by atoms with E-state index in [1.54, 1.807) is 13.8 Å². The summed E-state index contributed by atoms with van der Waals surface area (Å²) in [6, 6.07) is 0. The monoisotopic (exact) mass is 322 g/mol. The molecule has 0 aromatic carbocycles. The van der Waals surface area contributed by atoms with Crippen molar-refractivity contribution in [1.82, 2.24) is 0 Å². The van der Waals surface area contributed by atoms with Crippen LogP contribution in [0.4, 0.5) is 0 Å². The Morgan fingerprint density at radius 2 is 1.19 bits per heavy atom. The molecule has 0 saturated heterocycles. The second-order valence-electron chi connectivity index (χ2n) is 5.22. The molecule has 0 spiro atoms. The molecule has 0 aliphatic rings. The Balaban J connectivity index is 4.67. The zero-order valence-electron chi connectivity index (χ0n) is 12.7. The highest BCUT2D eigenvalue weighted by Crippen LogP contribution is 2.24. The Hall–Kier alpha value is -1.11. The van der Waals surface area contributed by atoms with Crippen molar-refractivity contribution in [1.29, 1.82) is 0 Å². The Bertz CT molecular complexity index is 395. The summed E-state index contributed by atoms with van der Waals surface area (Å²) in [5.41, 5.74) is 0. The van der Waals surface area contributed by atoms with Crippen molar-refractivity contribution in [2.24, 2.45) is 0 Å². The number of carbonyl (C=O) groups is 2. The van der Waals surface area contributed by atoms with Crippen LogP contribution in [0.5, 0.6) is 0 Å². The second kappa shape index (κ2) is 9.76.